The highest BCUT2D eigenvalue weighted by Gasteiger charge is 2.31. The summed E-state index contributed by atoms with van der Waals surface area (Å²) >= 11 is 0. The molecule has 0 fully saturated rings. The maximum Gasteiger partial charge on any atom is 0.119 e. The second-order valence-electron chi connectivity index (χ2n) is 18.7. The predicted molar refractivity (Wildman–Crippen MR) is 262 cm³/mol. The Balaban J connectivity index is 1.21. The number of aryl methyl sites for hydroxylation is 1. The van der Waals surface area contributed by atoms with Crippen molar-refractivity contribution in [3.8, 4) is 11.5 Å². The zero-order valence-corrected chi connectivity index (χ0v) is 42.2. The van der Waals surface area contributed by atoms with Crippen LogP contribution in [0.1, 0.15) is 42.0 Å². The molecular formula is C49H70O2Si5. The van der Waals surface area contributed by atoms with Crippen LogP contribution in [0.2, 0.25) is 77.6 Å². The van der Waals surface area contributed by atoms with E-state index in [2.05, 4.69) is 195 Å². The normalized spacial score (nSPS) is 13.3. The van der Waals surface area contributed by atoms with Gasteiger partial charge in [-0.3, -0.25) is 0 Å². The van der Waals surface area contributed by atoms with Crippen LogP contribution in [-0.4, -0.2) is 55.8 Å². The molecule has 0 saturated carbocycles. The maximum atomic E-state index is 6.39. The number of ether oxygens (including phenoxy) is 2. The van der Waals surface area contributed by atoms with E-state index in [1.807, 2.05) is 0 Å². The molecule has 1 atom stereocenters. The number of hydrogen-bond acceptors (Lipinski definition) is 2. The van der Waals surface area contributed by atoms with Crippen LogP contribution >= 0.6 is 0 Å². The van der Waals surface area contributed by atoms with Gasteiger partial charge >= 0.3 is 0 Å². The van der Waals surface area contributed by atoms with Crippen LogP contribution < -0.4 is 35.4 Å². The van der Waals surface area contributed by atoms with Gasteiger partial charge in [0.25, 0.3) is 0 Å². The fourth-order valence-corrected chi connectivity index (χ4v) is 16.8. The SMILES string of the molecule is Cc1cc([SiH](C)C)cc([Si](C)(C)CCCOc2ccc(C(C)(c3ccccc3)c3ccc(OCCC[Si](C)(C)c4cc([SiH](C)C)cc([SiH](C)C)c4)cc3)cc2)c1. The average molecular weight is 832 g/mol. The van der Waals surface area contributed by atoms with Crippen molar-refractivity contribution < 1.29 is 9.47 Å². The maximum absolute atomic E-state index is 6.39. The highest BCUT2D eigenvalue weighted by molar-refractivity contribution is 6.91. The standard InChI is InChI=1S/C49H70O2Si5/c1-38-32-44(52(3)4)35-47(33-38)55(9,10)30-16-28-50-42-24-20-40(21-25-42)49(2,39-18-14-13-15-19-39)41-22-26-43(27-23-41)51-29-17-31-56(11,12)48-36-45(53(5)6)34-46(37-48)54(7)8/h13-15,18-27,32-37,52-54H,16-17,28-31H2,1-12H3. The van der Waals surface area contributed by atoms with Crippen LogP contribution in [0.3, 0.4) is 0 Å². The summed E-state index contributed by atoms with van der Waals surface area (Å²) in [6.45, 7) is 31.0. The fraction of sp³-hybridized carbons (Fsp3) is 0.388. The van der Waals surface area contributed by atoms with E-state index < -0.39 is 42.5 Å². The third-order valence-electron chi connectivity index (χ3n) is 12.3. The predicted octanol–water partition coefficient (Wildman–Crippen LogP) is 9.20. The van der Waals surface area contributed by atoms with E-state index in [1.165, 1.54) is 34.3 Å². The monoisotopic (exact) mass is 830 g/mol. The Morgan fingerprint density at radius 1 is 0.482 bits per heavy atom. The summed E-state index contributed by atoms with van der Waals surface area (Å²) in [7, 11) is -5.61. The molecule has 0 spiro atoms. The lowest BCUT2D eigenvalue weighted by Gasteiger charge is -2.32. The Morgan fingerprint density at radius 2 is 0.857 bits per heavy atom. The first kappa shape index (κ1) is 43.9. The summed E-state index contributed by atoms with van der Waals surface area (Å²) in [5, 5.41) is 8.14. The van der Waals surface area contributed by atoms with Crippen molar-refractivity contribution in [2.24, 2.45) is 0 Å². The van der Waals surface area contributed by atoms with Gasteiger partial charge in [0, 0.05) is 5.41 Å². The Hall–Kier alpha value is -3.22. The number of hydrogen-bond donors (Lipinski definition) is 0. The lowest BCUT2D eigenvalue weighted by molar-refractivity contribution is 0.316. The Labute approximate surface area is 348 Å². The zero-order valence-electron chi connectivity index (χ0n) is 36.8. The number of rotatable bonds is 18. The van der Waals surface area contributed by atoms with Crippen molar-refractivity contribution in [1.29, 1.82) is 0 Å². The zero-order chi connectivity index (χ0) is 40.7. The number of benzene rings is 5. The molecule has 0 saturated heterocycles. The van der Waals surface area contributed by atoms with E-state index in [0.717, 1.165) is 37.6 Å². The summed E-state index contributed by atoms with van der Waals surface area (Å²) in [6.07, 6.45) is 2.16. The molecule has 5 rings (SSSR count). The van der Waals surface area contributed by atoms with Gasteiger partial charge in [0.1, 0.15) is 11.5 Å². The van der Waals surface area contributed by atoms with Gasteiger partial charge in [-0.1, -0.05) is 200 Å². The third kappa shape index (κ3) is 11.0. The van der Waals surface area contributed by atoms with E-state index in [0.29, 0.717) is 0 Å². The van der Waals surface area contributed by atoms with Gasteiger partial charge in [-0.2, -0.15) is 0 Å². The minimum atomic E-state index is -1.56. The quantitative estimate of drug-likeness (QED) is 0.0499. The largest absolute Gasteiger partial charge is 0.494 e. The van der Waals surface area contributed by atoms with Crippen molar-refractivity contribution in [2.75, 3.05) is 13.2 Å². The first-order valence-corrected chi connectivity index (χ1v) is 36.4. The molecule has 1 unspecified atom stereocenters. The third-order valence-corrected chi connectivity index (χ3v) is 24.2. The molecule has 0 amide bonds. The van der Waals surface area contributed by atoms with Crippen molar-refractivity contribution in [1.82, 2.24) is 0 Å². The molecule has 0 N–H and O–H groups in total. The minimum absolute atomic E-state index is 0.319. The Kier molecular flexibility index (Phi) is 14.9. The van der Waals surface area contributed by atoms with Gasteiger partial charge in [0.15, 0.2) is 0 Å². The topological polar surface area (TPSA) is 18.5 Å². The van der Waals surface area contributed by atoms with Gasteiger partial charge in [-0.15, -0.1) is 0 Å². The Bertz CT molecular complexity index is 1980. The van der Waals surface area contributed by atoms with Crippen LogP contribution in [0.25, 0.3) is 0 Å². The first-order chi connectivity index (χ1) is 26.5. The lowest BCUT2D eigenvalue weighted by atomic mass is 9.71. The molecule has 298 valence electrons. The van der Waals surface area contributed by atoms with Crippen LogP contribution in [0.5, 0.6) is 11.5 Å². The summed E-state index contributed by atoms with van der Waals surface area (Å²) in [4.78, 5) is 0. The van der Waals surface area contributed by atoms with Crippen LogP contribution in [0, 0.1) is 6.92 Å². The molecule has 0 bridgehead atoms. The van der Waals surface area contributed by atoms with E-state index in [-0.39, 0.29) is 5.41 Å². The van der Waals surface area contributed by atoms with Crippen LogP contribution in [-0.2, 0) is 5.41 Å². The first-order valence-electron chi connectivity index (χ1n) is 21.3. The van der Waals surface area contributed by atoms with E-state index >= 15 is 0 Å². The smallest absolute Gasteiger partial charge is 0.119 e. The molecule has 7 heteroatoms. The second kappa shape index (κ2) is 19.0. The van der Waals surface area contributed by atoms with Gasteiger partial charge < -0.3 is 9.47 Å². The van der Waals surface area contributed by atoms with Crippen molar-refractivity contribution in [2.45, 2.75) is 110 Å². The highest BCUT2D eigenvalue weighted by Crippen LogP contribution is 2.40. The molecule has 5 aromatic rings. The molecule has 2 nitrogen and oxygen atoms in total. The minimum Gasteiger partial charge on any atom is -0.494 e. The Morgan fingerprint density at radius 3 is 1.27 bits per heavy atom. The lowest BCUT2D eigenvalue weighted by Crippen LogP contribution is -2.47. The molecule has 56 heavy (non-hydrogen) atoms. The summed E-state index contributed by atoms with van der Waals surface area (Å²) < 4.78 is 12.7. The molecule has 5 aromatic carbocycles. The van der Waals surface area contributed by atoms with Crippen molar-refractivity contribution >= 4 is 68.5 Å². The van der Waals surface area contributed by atoms with Crippen molar-refractivity contribution in [3.63, 3.8) is 0 Å². The molecule has 0 aliphatic carbocycles. The van der Waals surface area contributed by atoms with Crippen LogP contribution in [0.15, 0.2) is 115 Å². The molecule has 0 aromatic heterocycles. The fourth-order valence-electron chi connectivity index (χ4n) is 8.01. The average Bonchev–Trinajstić information content (AvgIpc) is 3.18. The highest BCUT2D eigenvalue weighted by atomic mass is 28.3. The summed E-state index contributed by atoms with van der Waals surface area (Å²) in [6, 6.07) is 46.1. The van der Waals surface area contributed by atoms with E-state index in [4.69, 9.17) is 9.47 Å². The van der Waals surface area contributed by atoms with E-state index in [9.17, 15) is 0 Å². The summed E-state index contributed by atoms with van der Waals surface area (Å²) in [5.41, 5.74) is 4.87. The second-order valence-corrected chi connectivity index (χ2v) is 37.3. The van der Waals surface area contributed by atoms with Crippen molar-refractivity contribution in [3.05, 3.63) is 138 Å². The molecular weight excluding hydrogens is 761 g/mol. The molecule has 0 aliphatic rings. The van der Waals surface area contributed by atoms with Gasteiger partial charge in [0.2, 0.25) is 0 Å². The molecule has 0 heterocycles. The molecule has 0 radical (unpaired) electrons. The van der Waals surface area contributed by atoms with Gasteiger partial charge in [-0.25, -0.2) is 0 Å². The van der Waals surface area contributed by atoms with E-state index in [1.54, 1.807) is 25.9 Å². The van der Waals surface area contributed by atoms with Gasteiger partial charge in [-0.05, 0) is 67.6 Å². The van der Waals surface area contributed by atoms with Gasteiger partial charge in [0.05, 0.1) is 55.8 Å². The molecule has 0 aliphatic heterocycles. The summed E-state index contributed by atoms with van der Waals surface area (Å²) in [5.74, 6) is 1.89. The van der Waals surface area contributed by atoms with Crippen LogP contribution in [0.4, 0.5) is 0 Å².